The molecule has 0 radical (unpaired) electrons. The molecule has 0 unspecified atom stereocenters. The molecule has 5 nitrogen and oxygen atoms in total. The topological polar surface area (TPSA) is 79.3 Å². The van der Waals surface area contributed by atoms with Crippen LogP contribution in [0.15, 0.2) is 29.5 Å². The summed E-state index contributed by atoms with van der Waals surface area (Å²) in [4.78, 5) is 26.1. The Hall–Kier alpha value is -1.88. The van der Waals surface area contributed by atoms with Crippen LogP contribution in [0.25, 0.3) is 0 Å². The predicted octanol–water partition coefficient (Wildman–Crippen LogP) is 2.09. The molecule has 1 aromatic rings. The summed E-state index contributed by atoms with van der Waals surface area (Å²) in [7, 11) is 0. The van der Waals surface area contributed by atoms with Crippen molar-refractivity contribution in [3.8, 4) is 0 Å². The third kappa shape index (κ3) is 3.57. The van der Waals surface area contributed by atoms with Crippen molar-refractivity contribution in [3.05, 3.63) is 34.6 Å². The number of amides is 1. The molecule has 0 aliphatic rings. The van der Waals surface area contributed by atoms with Gasteiger partial charge in [0.2, 0.25) is 0 Å². The minimum Gasteiger partial charge on any atom is -0.478 e. The fourth-order valence-corrected chi connectivity index (χ4v) is 1.21. The molecule has 1 rings (SSSR count). The summed E-state index contributed by atoms with van der Waals surface area (Å²) in [5, 5.41) is 11.5. The summed E-state index contributed by atoms with van der Waals surface area (Å²) in [5.74, 6) is -1.60. The maximum Gasteiger partial charge on any atom is 0.331 e. The molecule has 0 saturated carbocycles. The average Bonchev–Trinajstić information content (AvgIpc) is 2.26. The maximum absolute atomic E-state index is 11.7. The predicted molar refractivity (Wildman–Crippen MR) is 63.9 cm³/mol. The van der Waals surface area contributed by atoms with Crippen molar-refractivity contribution in [2.45, 2.75) is 13.8 Å². The number of carboxylic acids is 1. The number of nitrogens with zero attached hydrogens (tertiary/aromatic N) is 1. The van der Waals surface area contributed by atoms with Crippen molar-refractivity contribution >= 4 is 29.2 Å². The SMILES string of the molecule is C/C(C(=O)O)=C(/C)C(=O)Nc1ccnc(Cl)c1. The van der Waals surface area contributed by atoms with Crippen molar-refractivity contribution in [3.63, 3.8) is 0 Å². The minimum atomic E-state index is -1.12. The summed E-state index contributed by atoms with van der Waals surface area (Å²) in [5.41, 5.74) is 0.612. The van der Waals surface area contributed by atoms with Crippen LogP contribution in [0, 0.1) is 0 Å². The van der Waals surface area contributed by atoms with E-state index in [4.69, 9.17) is 16.7 Å². The van der Waals surface area contributed by atoms with Gasteiger partial charge in [0.15, 0.2) is 0 Å². The lowest BCUT2D eigenvalue weighted by Crippen LogP contribution is -2.16. The molecular weight excluding hydrogens is 244 g/mol. The van der Waals surface area contributed by atoms with E-state index in [1.807, 2.05) is 0 Å². The Labute approximate surface area is 103 Å². The van der Waals surface area contributed by atoms with Crippen LogP contribution in [0.5, 0.6) is 0 Å². The van der Waals surface area contributed by atoms with Gasteiger partial charge < -0.3 is 10.4 Å². The molecule has 0 atom stereocenters. The number of carbonyl (C=O) groups excluding carboxylic acids is 1. The zero-order valence-electron chi connectivity index (χ0n) is 9.32. The van der Waals surface area contributed by atoms with Crippen LogP contribution in [0.1, 0.15) is 13.8 Å². The van der Waals surface area contributed by atoms with Gasteiger partial charge in [-0.1, -0.05) is 11.6 Å². The molecule has 0 spiro atoms. The van der Waals surface area contributed by atoms with E-state index >= 15 is 0 Å². The Bertz CT molecular complexity index is 497. The largest absolute Gasteiger partial charge is 0.478 e. The van der Waals surface area contributed by atoms with Crippen molar-refractivity contribution < 1.29 is 14.7 Å². The van der Waals surface area contributed by atoms with Gasteiger partial charge >= 0.3 is 5.97 Å². The Kier molecular flexibility index (Phi) is 4.23. The molecule has 17 heavy (non-hydrogen) atoms. The van der Waals surface area contributed by atoms with Gasteiger partial charge in [0.05, 0.1) is 0 Å². The smallest absolute Gasteiger partial charge is 0.331 e. The first-order valence-electron chi connectivity index (χ1n) is 4.75. The van der Waals surface area contributed by atoms with Crippen LogP contribution in [0.4, 0.5) is 5.69 Å². The number of rotatable bonds is 3. The molecule has 0 aliphatic heterocycles. The van der Waals surface area contributed by atoms with Gasteiger partial charge in [0.25, 0.3) is 5.91 Å². The maximum atomic E-state index is 11.7. The number of anilines is 1. The number of hydrogen-bond donors (Lipinski definition) is 2. The highest BCUT2D eigenvalue weighted by atomic mass is 35.5. The van der Waals surface area contributed by atoms with E-state index in [9.17, 15) is 9.59 Å². The third-order valence-corrected chi connectivity index (χ3v) is 2.42. The first-order chi connectivity index (χ1) is 7.91. The molecule has 6 heteroatoms. The van der Waals surface area contributed by atoms with Crippen LogP contribution < -0.4 is 5.32 Å². The lowest BCUT2D eigenvalue weighted by Gasteiger charge is -2.06. The van der Waals surface area contributed by atoms with Crippen LogP contribution in [0.2, 0.25) is 5.15 Å². The van der Waals surface area contributed by atoms with E-state index in [2.05, 4.69) is 10.3 Å². The molecule has 0 aliphatic carbocycles. The zero-order valence-corrected chi connectivity index (χ0v) is 10.1. The first kappa shape index (κ1) is 13.2. The molecule has 1 aromatic heterocycles. The van der Waals surface area contributed by atoms with Gasteiger partial charge in [-0.3, -0.25) is 4.79 Å². The van der Waals surface area contributed by atoms with E-state index < -0.39 is 11.9 Å². The number of aromatic nitrogens is 1. The van der Waals surface area contributed by atoms with E-state index in [1.165, 1.54) is 26.1 Å². The normalized spacial score (nSPS) is 11.7. The molecule has 90 valence electrons. The molecule has 1 amide bonds. The number of carbonyl (C=O) groups is 2. The van der Waals surface area contributed by atoms with Crippen LogP contribution in [-0.4, -0.2) is 22.0 Å². The summed E-state index contributed by atoms with van der Waals surface area (Å²) >= 11 is 5.65. The Morgan fingerprint density at radius 1 is 1.35 bits per heavy atom. The number of nitrogens with one attached hydrogen (secondary N) is 1. The Balaban J connectivity index is 2.87. The number of aliphatic carboxylic acids is 1. The molecule has 0 bridgehead atoms. The number of carboxylic acid groups (broad SMARTS) is 1. The Morgan fingerprint density at radius 2 is 2.00 bits per heavy atom. The van der Waals surface area contributed by atoms with Gasteiger partial charge in [0.1, 0.15) is 5.15 Å². The van der Waals surface area contributed by atoms with Gasteiger partial charge in [-0.15, -0.1) is 0 Å². The minimum absolute atomic E-state index is 0.00246. The lowest BCUT2D eigenvalue weighted by molar-refractivity contribution is -0.133. The van der Waals surface area contributed by atoms with Crippen LogP contribution in [0.3, 0.4) is 0 Å². The summed E-state index contributed by atoms with van der Waals surface area (Å²) in [6.07, 6.45) is 1.45. The van der Waals surface area contributed by atoms with Crippen LogP contribution in [-0.2, 0) is 9.59 Å². The van der Waals surface area contributed by atoms with Crippen molar-refractivity contribution in [2.75, 3.05) is 5.32 Å². The highest BCUT2D eigenvalue weighted by Crippen LogP contribution is 2.14. The summed E-state index contributed by atoms with van der Waals surface area (Å²) in [6, 6.07) is 3.04. The molecule has 0 fully saturated rings. The summed E-state index contributed by atoms with van der Waals surface area (Å²) < 4.78 is 0. The second kappa shape index (κ2) is 5.45. The molecule has 2 N–H and O–H groups in total. The number of halogens is 1. The highest BCUT2D eigenvalue weighted by Gasteiger charge is 2.12. The van der Waals surface area contributed by atoms with E-state index in [0.29, 0.717) is 5.69 Å². The van der Waals surface area contributed by atoms with Crippen molar-refractivity contribution in [1.29, 1.82) is 0 Å². The lowest BCUT2D eigenvalue weighted by atomic mass is 10.1. The monoisotopic (exact) mass is 254 g/mol. The van der Waals surface area contributed by atoms with E-state index in [1.54, 1.807) is 6.07 Å². The quantitative estimate of drug-likeness (QED) is 0.639. The fourth-order valence-electron chi connectivity index (χ4n) is 1.04. The fraction of sp³-hybridized carbons (Fsp3) is 0.182. The molecular formula is C11H11ClN2O3. The van der Waals surface area contributed by atoms with Gasteiger partial charge in [-0.05, 0) is 26.0 Å². The van der Waals surface area contributed by atoms with Crippen molar-refractivity contribution in [1.82, 2.24) is 4.98 Å². The molecule has 1 heterocycles. The number of hydrogen-bond acceptors (Lipinski definition) is 3. The molecule has 0 aromatic carbocycles. The van der Waals surface area contributed by atoms with Gasteiger partial charge in [-0.25, -0.2) is 9.78 Å². The Morgan fingerprint density at radius 3 is 2.53 bits per heavy atom. The standard InChI is InChI=1S/C11H11ClN2O3/c1-6(7(2)11(16)17)10(15)14-8-3-4-13-9(12)5-8/h3-5H,1-2H3,(H,16,17)(H,13,14,15)/b7-6+. The zero-order chi connectivity index (χ0) is 13.0. The average molecular weight is 255 g/mol. The molecule has 0 saturated heterocycles. The second-order valence-electron chi connectivity index (χ2n) is 3.38. The van der Waals surface area contributed by atoms with E-state index in [0.717, 1.165) is 0 Å². The van der Waals surface area contributed by atoms with Gasteiger partial charge in [-0.2, -0.15) is 0 Å². The third-order valence-electron chi connectivity index (χ3n) is 2.21. The first-order valence-corrected chi connectivity index (χ1v) is 5.13. The van der Waals surface area contributed by atoms with Crippen LogP contribution >= 0.6 is 11.6 Å². The van der Waals surface area contributed by atoms with Gasteiger partial charge in [0, 0.05) is 23.0 Å². The van der Waals surface area contributed by atoms with E-state index in [-0.39, 0.29) is 16.3 Å². The highest BCUT2D eigenvalue weighted by molar-refractivity contribution is 6.29. The van der Waals surface area contributed by atoms with Crippen molar-refractivity contribution in [2.24, 2.45) is 0 Å². The number of pyridine rings is 1. The second-order valence-corrected chi connectivity index (χ2v) is 3.76. The summed E-state index contributed by atoms with van der Waals surface area (Å²) in [6.45, 7) is 2.82.